The predicted octanol–water partition coefficient (Wildman–Crippen LogP) is 9.02. The summed E-state index contributed by atoms with van der Waals surface area (Å²) in [6.07, 6.45) is 1.22. The maximum atomic E-state index is 2.38. The fraction of sp³-hybridized carbons (Fsp3) is 0.290. The molecule has 6 rings (SSSR count). The van der Waals surface area contributed by atoms with Crippen molar-refractivity contribution in [3.05, 3.63) is 104 Å². The molecule has 0 fully saturated rings. The van der Waals surface area contributed by atoms with Gasteiger partial charge in [0.05, 0.1) is 0 Å². The van der Waals surface area contributed by atoms with Crippen molar-refractivity contribution in [2.24, 2.45) is 0 Å². The van der Waals surface area contributed by atoms with Gasteiger partial charge in [-0.25, -0.2) is 0 Å². The molecule has 1 aliphatic heterocycles. The summed E-state index contributed by atoms with van der Waals surface area (Å²) in [5, 5.41) is 2.79. The molecule has 0 radical (unpaired) electrons. The standard InChI is InChI=1S/C11H15N.2C10H10S/c1-9-4-3-5-10-6-7-12(2)8-11(9)10;1-7-4-3-5-10-9(7)6-8(2)11-10;1-7-4-3-5-9-6-8(2)11-10(7)9/h3-5H,6-8H2,1-2H3;2*3-6H,1-2H3. The summed E-state index contributed by atoms with van der Waals surface area (Å²) in [7, 11) is 2.19. The van der Waals surface area contributed by atoms with Crippen LogP contribution < -0.4 is 0 Å². The highest BCUT2D eigenvalue weighted by atomic mass is 32.1. The van der Waals surface area contributed by atoms with Crippen LogP contribution in [0.4, 0.5) is 0 Å². The van der Waals surface area contributed by atoms with Gasteiger partial charge in [0, 0.05) is 32.2 Å². The van der Waals surface area contributed by atoms with Gasteiger partial charge in [-0.2, -0.15) is 0 Å². The van der Waals surface area contributed by atoms with E-state index in [-0.39, 0.29) is 0 Å². The van der Waals surface area contributed by atoms with E-state index in [1.807, 2.05) is 22.7 Å². The van der Waals surface area contributed by atoms with Crippen LogP contribution in [0, 0.1) is 34.6 Å². The maximum absolute atomic E-state index is 2.38. The molecule has 0 spiro atoms. The zero-order valence-corrected chi connectivity index (χ0v) is 22.9. The molecule has 0 saturated heterocycles. The fourth-order valence-electron chi connectivity index (χ4n) is 4.56. The SMILES string of the molecule is Cc1cc2c(C)cccc2s1.Cc1cc2cccc(C)c2s1.Cc1cccc2c1CN(C)CC2. The number of rotatable bonds is 0. The van der Waals surface area contributed by atoms with Crippen molar-refractivity contribution in [3.63, 3.8) is 0 Å². The molecule has 0 unspecified atom stereocenters. The Balaban J connectivity index is 0.000000121. The van der Waals surface area contributed by atoms with Crippen molar-refractivity contribution in [1.29, 1.82) is 0 Å². The van der Waals surface area contributed by atoms with Crippen molar-refractivity contribution in [2.75, 3.05) is 13.6 Å². The lowest BCUT2D eigenvalue weighted by atomic mass is 9.96. The van der Waals surface area contributed by atoms with Crippen LogP contribution in [-0.2, 0) is 13.0 Å². The monoisotopic (exact) mass is 485 g/mol. The van der Waals surface area contributed by atoms with Crippen LogP contribution in [-0.4, -0.2) is 18.5 Å². The van der Waals surface area contributed by atoms with Crippen LogP contribution in [0.5, 0.6) is 0 Å². The summed E-state index contributed by atoms with van der Waals surface area (Å²) in [4.78, 5) is 5.18. The van der Waals surface area contributed by atoms with Crippen LogP contribution >= 0.6 is 22.7 Å². The number of fused-ring (bicyclic) bond motifs is 3. The van der Waals surface area contributed by atoms with E-state index in [9.17, 15) is 0 Å². The number of nitrogens with zero attached hydrogens (tertiary/aromatic N) is 1. The Hall–Kier alpha value is -2.46. The van der Waals surface area contributed by atoms with Gasteiger partial charge in [0.25, 0.3) is 0 Å². The molecule has 1 nitrogen and oxygen atoms in total. The molecule has 0 aliphatic carbocycles. The second-order valence-electron chi connectivity index (χ2n) is 9.39. The Morgan fingerprint density at radius 1 is 0.706 bits per heavy atom. The summed E-state index contributed by atoms with van der Waals surface area (Å²) in [6.45, 7) is 13.2. The molecule has 3 aromatic carbocycles. The highest BCUT2D eigenvalue weighted by Crippen LogP contribution is 2.28. The van der Waals surface area contributed by atoms with Crippen molar-refractivity contribution in [1.82, 2.24) is 4.90 Å². The second-order valence-corrected chi connectivity index (χ2v) is 11.9. The van der Waals surface area contributed by atoms with E-state index in [1.54, 1.807) is 11.1 Å². The van der Waals surface area contributed by atoms with E-state index in [4.69, 9.17) is 0 Å². The third-order valence-electron chi connectivity index (χ3n) is 6.46. The van der Waals surface area contributed by atoms with Gasteiger partial charge in [0.15, 0.2) is 0 Å². The van der Waals surface area contributed by atoms with Crippen LogP contribution in [0.2, 0.25) is 0 Å². The first-order valence-electron chi connectivity index (χ1n) is 12.0. The summed E-state index contributed by atoms with van der Waals surface area (Å²) < 4.78 is 2.84. The number of thiophene rings is 2. The van der Waals surface area contributed by atoms with Gasteiger partial charge in [-0.3, -0.25) is 0 Å². The third-order valence-corrected chi connectivity index (χ3v) is 8.68. The first-order chi connectivity index (χ1) is 16.3. The van der Waals surface area contributed by atoms with E-state index in [0.29, 0.717) is 0 Å². The smallest absolute Gasteiger partial charge is 0.0374 e. The number of hydrogen-bond donors (Lipinski definition) is 0. The Morgan fingerprint density at radius 2 is 1.38 bits per heavy atom. The predicted molar refractivity (Wildman–Crippen MR) is 154 cm³/mol. The number of hydrogen-bond acceptors (Lipinski definition) is 3. The normalized spacial score (nSPS) is 13.1. The summed E-state index contributed by atoms with van der Waals surface area (Å²) in [5.74, 6) is 0. The fourth-order valence-corrected chi connectivity index (χ4v) is 6.54. The molecule has 5 aromatic rings. The van der Waals surface area contributed by atoms with E-state index >= 15 is 0 Å². The van der Waals surface area contributed by atoms with Gasteiger partial charge < -0.3 is 4.90 Å². The molecule has 176 valence electrons. The first-order valence-corrected chi connectivity index (χ1v) is 13.6. The summed E-state index contributed by atoms with van der Waals surface area (Å²) in [5.41, 5.74) is 7.31. The lowest BCUT2D eigenvalue weighted by Gasteiger charge is -2.26. The molecular formula is C31H35NS2. The van der Waals surface area contributed by atoms with E-state index in [1.165, 1.54) is 59.6 Å². The van der Waals surface area contributed by atoms with Crippen LogP contribution in [0.15, 0.2) is 66.7 Å². The zero-order valence-electron chi connectivity index (χ0n) is 21.2. The van der Waals surface area contributed by atoms with Gasteiger partial charge in [0.2, 0.25) is 0 Å². The van der Waals surface area contributed by atoms with E-state index in [2.05, 4.69) is 113 Å². The minimum atomic E-state index is 1.13. The Morgan fingerprint density at radius 3 is 2.15 bits per heavy atom. The van der Waals surface area contributed by atoms with Gasteiger partial charge >= 0.3 is 0 Å². The van der Waals surface area contributed by atoms with Crippen LogP contribution in [0.1, 0.15) is 37.6 Å². The third kappa shape index (κ3) is 5.78. The average Bonchev–Trinajstić information content (AvgIpc) is 3.38. The molecule has 3 heterocycles. The Kier molecular flexibility index (Phi) is 7.88. The van der Waals surface area contributed by atoms with Crippen LogP contribution in [0.25, 0.3) is 20.2 Å². The topological polar surface area (TPSA) is 3.24 Å². The molecule has 1 aliphatic rings. The van der Waals surface area contributed by atoms with Gasteiger partial charge in [-0.15, -0.1) is 22.7 Å². The van der Waals surface area contributed by atoms with E-state index in [0.717, 1.165) is 6.54 Å². The minimum absolute atomic E-state index is 1.13. The highest BCUT2D eigenvalue weighted by Gasteiger charge is 2.13. The van der Waals surface area contributed by atoms with Crippen molar-refractivity contribution in [3.8, 4) is 0 Å². The lowest BCUT2D eigenvalue weighted by Crippen LogP contribution is -2.27. The molecule has 0 amide bonds. The van der Waals surface area contributed by atoms with E-state index < -0.39 is 0 Å². The van der Waals surface area contributed by atoms with Gasteiger partial charge in [0.1, 0.15) is 0 Å². The highest BCUT2D eigenvalue weighted by molar-refractivity contribution is 7.19. The second kappa shape index (κ2) is 10.9. The maximum Gasteiger partial charge on any atom is 0.0374 e. The zero-order chi connectivity index (χ0) is 24.2. The lowest BCUT2D eigenvalue weighted by molar-refractivity contribution is 0.312. The first kappa shape index (κ1) is 24.7. The Labute approximate surface area is 212 Å². The molecule has 2 aromatic heterocycles. The largest absolute Gasteiger partial charge is 0.302 e. The quantitative estimate of drug-likeness (QED) is 0.211. The molecule has 34 heavy (non-hydrogen) atoms. The number of aryl methyl sites for hydroxylation is 5. The van der Waals surface area contributed by atoms with Crippen molar-refractivity contribution in [2.45, 2.75) is 47.6 Å². The molecular weight excluding hydrogens is 450 g/mol. The van der Waals surface area contributed by atoms with Crippen LogP contribution in [0.3, 0.4) is 0 Å². The minimum Gasteiger partial charge on any atom is -0.302 e. The number of likely N-dealkylation sites (N-methyl/N-ethyl adjacent to an activating group) is 1. The molecule has 0 saturated carbocycles. The molecule has 0 atom stereocenters. The summed E-state index contributed by atoms with van der Waals surface area (Å²) >= 11 is 3.75. The van der Waals surface area contributed by atoms with Gasteiger partial charge in [-0.1, -0.05) is 48.5 Å². The molecule has 3 heteroatoms. The average molecular weight is 486 g/mol. The van der Waals surface area contributed by atoms with Gasteiger partial charge in [-0.05, 0) is 105 Å². The molecule has 0 N–H and O–H groups in total. The number of benzene rings is 3. The summed E-state index contributed by atoms with van der Waals surface area (Å²) in [6, 6.07) is 24.0. The Bertz CT molecular complexity index is 1330. The van der Waals surface area contributed by atoms with Crippen molar-refractivity contribution < 1.29 is 0 Å². The molecule has 0 bridgehead atoms. The van der Waals surface area contributed by atoms with Crippen molar-refractivity contribution >= 4 is 42.8 Å².